The van der Waals surface area contributed by atoms with E-state index in [1.54, 1.807) is 0 Å². The lowest BCUT2D eigenvalue weighted by Crippen LogP contribution is -2.71. The van der Waals surface area contributed by atoms with Crippen LogP contribution < -0.4 is 0 Å². The van der Waals surface area contributed by atoms with Gasteiger partial charge in [-0.05, 0) is 0 Å². The van der Waals surface area contributed by atoms with E-state index in [-0.39, 0.29) is 0 Å². The quantitative estimate of drug-likeness (QED) is 0.205. The minimum Gasteiger partial charge on any atom is -0.364 e. The second-order valence-electron chi connectivity index (χ2n) is 7.25. The van der Waals surface area contributed by atoms with Gasteiger partial charge < -0.3 is 9.84 Å². The number of aliphatic hydroxyl groups is 1. The Morgan fingerprint density at radius 2 is 1.00 bits per heavy atom. The molecule has 0 aromatic heterocycles. The average Bonchev–Trinajstić information content (AvgIpc) is 2.81. The van der Waals surface area contributed by atoms with Crippen LogP contribution in [0, 0.1) is 0 Å². The smallest absolute Gasteiger partial charge is 0.364 e. The number of hydrogen-bond donors (Lipinski definition) is 1. The molecule has 0 aliphatic carbocycles. The zero-order valence-corrected chi connectivity index (χ0v) is 17.2. The predicted octanol–water partition coefficient (Wildman–Crippen LogP) is 6.78. The summed E-state index contributed by atoms with van der Waals surface area (Å²) in [5.41, 5.74) is -0.683. The Hall–Kier alpha value is -2.05. The highest BCUT2D eigenvalue weighted by Crippen LogP contribution is 2.59. The Morgan fingerprint density at radius 1 is 0.568 bits per heavy atom. The normalized spacial score (nSPS) is 19.3. The van der Waals surface area contributed by atoms with Gasteiger partial charge >= 0.3 is 29.6 Å². The van der Waals surface area contributed by atoms with Crippen molar-refractivity contribution in [3.63, 3.8) is 0 Å². The van der Waals surface area contributed by atoms with Crippen LogP contribution in [-0.4, -0.2) is 72.2 Å². The van der Waals surface area contributed by atoms with Gasteiger partial charge in [0.1, 0.15) is 0 Å². The minimum atomic E-state index is -8.22. The van der Waals surface area contributed by atoms with E-state index >= 15 is 0 Å². The Kier molecular flexibility index (Phi) is 9.78. The third-order valence-electron chi connectivity index (χ3n) is 4.72. The van der Waals surface area contributed by atoms with E-state index < -0.39 is 78.9 Å². The van der Waals surface area contributed by atoms with E-state index in [0.717, 1.165) is 24.3 Å². The molecule has 6 unspecified atom stereocenters. The molecule has 216 valence electrons. The third-order valence-corrected chi connectivity index (χ3v) is 4.72. The van der Waals surface area contributed by atoms with Crippen molar-refractivity contribution in [2.24, 2.45) is 0 Å². The zero-order valence-electron chi connectivity index (χ0n) is 17.2. The molecule has 37 heavy (non-hydrogen) atoms. The highest BCUT2D eigenvalue weighted by Gasteiger charge is 2.89. The van der Waals surface area contributed by atoms with Gasteiger partial charge in [-0.2, -0.15) is 43.9 Å². The molecule has 0 aliphatic heterocycles. The van der Waals surface area contributed by atoms with Crippen LogP contribution in [0.2, 0.25) is 0 Å². The maximum atomic E-state index is 13.8. The van der Waals surface area contributed by atoms with Crippen molar-refractivity contribution in [3.05, 3.63) is 35.9 Å². The number of ether oxygens (including phenoxy) is 1. The van der Waals surface area contributed by atoms with Crippen molar-refractivity contribution in [2.75, 3.05) is 0 Å². The largest absolute Gasteiger partial charge is 0.384 e. The molecule has 0 spiro atoms. The molecule has 0 amide bonds. The summed E-state index contributed by atoms with van der Waals surface area (Å²) in [5.74, 6) is -39.1. The van der Waals surface area contributed by atoms with E-state index in [1.807, 2.05) is 0 Å². The lowest BCUT2D eigenvalue weighted by molar-refractivity contribution is -0.429. The van der Waals surface area contributed by atoms with Crippen LogP contribution in [0.5, 0.6) is 0 Å². The molecular weight excluding hydrogens is 571 g/mol. The molecule has 0 saturated heterocycles. The summed E-state index contributed by atoms with van der Waals surface area (Å²) in [5, 5.41) is 9.37. The maximum absolute atomic E-state index is 13.8. The Morgan fingerprint density at radius 3 is 1.43 bits per heavy atom. The van der Waals surface area contributed by atoms with Gasteiger partial charge in [0, 0.05) is 5.56 Å². The monoisotopic (exact) mass is 584 g/mol. The first kappa shape index (κ1) is 33.0. The van der Waals surface area contributed by atoms with E-state index in [9.17, 15) is 79.7 Å². The SMILES string of the molecule is OC(OC(F)C(F)(F)C(F)(F)C(F)(F)C(F)(F)C(F)(F)C(F)C(F)C(F)C(F)C(F)F)c1ccccc1. The van der Waals surface area contributed by atoms with Crippen molar-refractivity contribution in [3.8, 4) is 0 Å². The molecule has 19 heteroatoms. The van der Waals surface area contributed by atoms with Crippen LogP contribution in [-0.2, 0) is 4.74 Å². The molecular formula is C18H13F17O2. The molecule has 0 bridgehead atoms. The van der Waals surface area contributed by atoms with Gasteiger partial charge in [0.25, 0.3) is 12.8 Å². The Balaban J connectivity index is 3.33. The summed E-state index contributed by atoms with van der Waals surface area (Å²) >= 11 is 0. The zero-order chi connectivity index (χ0) is 29.4. The molecule has 0 heterocycles. The lowest BCUT2D eigenvalue weighted by atomic mass is 9.89. The van der Waals surface area contributed by atoms with E-state index in [2.05, 4.69) is 4.74 Å². The molecule has 6 atom stereocenters. The van der Waals surface area contributed by atoms with E-state index in [4.69, 9.17) is 0 Å². The van der Waals surface area contributed by atoms with Crippen LogP contribution in [0.4, 0.5) is 74.6 Å². The summed E-state index contributed by atoms with van der Waals surface area (Å²) in [6.45, 7) is 0. The molecule has 0 saturated carbocycles. The van der Waals surface area contributed by atoms with Crippen molar-refractivity contribution < 1.29 is 84.5 Å². The first-order valence-corrected chi connectivity index (χ1v) is 9.26. The van der Waals surface area contributed by atoms with Crippen LogP contribution in [0.15, 0.2) is 30.3 Å². The topological polar surface area (TPSA) is 29.5 Å². The van der Waals surface area contributed by atoms with Crippen LogP contribution in [0.3, 0.4) is 0 Å². The first-order chi connectivity index (χ1) is 16.5. The van der Waals surface area contributed by atoms with E-state index in [1.165, 1.54) is 6.07 Å². The highest BCUT2D eigenvalue weighted by atomic mass is 19.4. The van der Waals surface area contributed by atoms with E-state index in [0.29, 0.717) is 0 Å². The summed E-state index contributed by atoms with van der Waals surface area (Å²) in [6.07, 6.45) is -32.8. The molecule has 2 nitrogen and oxygen atoms in total. The van der Waals surface area contributed by atoms with Gasteiger partial charge in [-0.15, -0.1) is 0 Å². The van der Waals surface area contributed by atoms with Crippen molar-refractivity contribution in [2.45, 2.75) is 73.4 Å². The number of aliphatic hydroxyl groups excluding tert-OH is 1. The summed E-state index contributed by atoms with van der Waals surface area (Å²) < 4.78 is 231. The second-order valence-corrected chi connectivity index (χ2v) is 7.25. The predicted molar refractivity (Wildman–Crippen MR) is 87.7 cm³/mol. The summed E-state index contributed by atoms with van der Waals surface area (Å²) in [7, 11) is 0. The molecule has 1 aromatic carbocycles. The molecule has 1 N–H and O–H groups in total. The van der Waals surface area contributed by atoms with Gasteiger partial charge in [0.2, 0.25) is 6.17 Å². The molecule has 1 rings (SSSR count). The molecule has 0 fully saturated rings. The van der Waals surface area contributed by atoms with Crippen LogP contribution in [0.25, 0.3) is 0 Å². The number of hydrogen-bond acceptors (Lipinski definition) is 2. The fraction of sp³-hybridized carbons (Fsp3) is 0.667. The average molecular weight is 584 g/mol. The summed E-state index contributed by atoms with van der Waals surface area (Å²) in [4.78, 5) is 0. The number of rotatable bonds is 13. The second kappa shape index (κ2) is 11.0. The van der Waals surface area contributed by atoms with Gasteiger partial charge in [-0.25, -0.2) is 30.7 Å². The fourth-order valence-electron chi connectivity index (χ4n) is 2.50. The fourth-order valence-corrected chi connectivity index (χ4v) is 2.50. The van der Waals surface area contributed by atoms with Gasteiger partial charge in [0.05, 0.1) is 0 Å². The number of benzene rings is 1. The molecule has 0 aliphatic rings. The van der Waals surface area contributed by atoms with Gasteiger partial charge in [0.15, 0.2) is 24.8 Å². The third kappa shape index (κ3) is 5.70. The van der Waals surface area contributed by atoms with Gasteiger partial charge in [-0.3, -0.25) is 0 Å². The summed E-state index contributed by atoms with van der Waals surface area (Å²) in [6, 6.07) is 4.82. The first-order valence-electron chi connectivity index (χ1n) is 9.26. The number of halogens is 17. The molecule has 0 radical (unpaired) electrons. The number of alkyl halides is 17. The lowest BCUT2D eigenvalue weighted by Gasteiger charge is -2.41. The van der Waals surface area contributed by atoms with Crippen LogP contribution >= 0.6 is 0 Å². The highest BCUT2D eigenvalue weighted by molar-refractivity contribution is 5.16. The minimum absolute atomic E-state index is 0.683. The van der Waals surface area contributed by atoms with Crippen molar-refractivity contribution >= 4 is 0 Å². The van der Waals surface area contributed by atoms with Gasteiger partial charge in [-0.1, -0.05) is 30.3 Å². The Bertz CT molecular complexity index is 865. The Labute approximate surface area is 195 Å². The maximum Gasteiger partial charge on any atom is 0.384 e. The van der Waals surface area contributed by atoms with Crippen molar-refractivity contribution in [1.29, 1.82) is 0 Å². The molecule has 1 aromatic rings. The standard InChI is InChI=1S/C18H13F17O2/c19-7(9(21)11(23)24)8(20)10(22)14(26,27)16(30,31)18(34,35)17(32,33)15(28,29)13(25)37-12(36)6-4-2-1-3-5-6/h1-5,7-13,36H. The van der Waals surface area contributed by atoms with Crippen LogP contribution in [0.1, 0.15) is 11.9 Å². The van der Waals surface area contributed by atoms with Crippen molar-refractivity contribution in [1.82, 2.24) is 0 Å².